The lowest BCUT2D eigenvalue weighted by molar-refractivity contribution is 0.377. The van der Waals surface area contributed by atoms with Crippen molar-refractivity contribution in [1.29, 1.82) is 0 Å². The minimum absolute atomic E-state index is 0.405. The molecule has 18 heavy (non-hydrogen) atoms. The molecule has 0 bridgehead atoms. The van der Waals surface area contributed by atoms with E-state index in [0.717, 1.165) is 17.8 Å². The Morgan fingerprint density at radius 1 is 1.39 bits per heavy atom. The van der Waals surface area contributed by atoms with Crippen LogP contribution in [-0.4, -0.2) is 21.7 Å². The Morgan fingerprint density at radius 2 is 2.11 bits per heavy atom. The molecular weight excluding hydrogens is 248 g/mol. The van der Waals surface area contributed by atoms with Crippen molar-refractivity contribution in [2.45, 2.75) is 13.3 Å². The first-order valence-corrected chi connectivity index (χ1v) is 5.99. The number of aryl methyl sites for hydroxylation is 1. The third kappa shape index (κ3) is 3.27. The molecule has 3 N–H and O–H groups in total. The Balaban J connectivity index is 1.85. The number of nitrogens with one attached hydrogen (secondary N) is 1. The molecule has 94 valence electrons. The Hall–Kier alpha value is -1.95. The summed E-state index contributed by atoms with van der Waals surface area (Å²) in [4.78, 5) is 4.53. The average Bonchev–Trinajstić information content (AvgIpc) is 2.76. The minimum atomic E-state index is 0.405. The van der Waals surface area contributed by atoms with Crippen molar-refractivity contribution in [2.24, 2.45) is 5.73 Å². The Kier molecular flexibility index (Phi) is 3.88. The van der Waals surface area contributed by atoms with Gasteiger partial charge in [0.25, 0.3) is 0 Å². The number of nitrogens with zero attached hydrogens (tertiary/aromatic N) is 2. The smallest absolute Gasteiger partial charge is 0.228 e. The fraction of sp³-hybridized carbons (Fsp3) is 0.250. The standard InChI is InChI=1S/C12H14N4OS/c1-8-15-11(17-16-8)6-7-14-10-4-2-9(3-5-10)12(13)18/h2-5,14H,6-7H2,1H3,(H2,13,18). The van der Waals surface area contributed by atoms with E-state index in [9.17, 15) is 0 Å². The molecule has 0 radical (unpaired) electrons. The number of hydrogen-bond acceptors (Lipinski definition) is 5. The van der Waals surface area contributed by atoms with Crippen molar-refractivity contribution in [3.63, 3.8) is 0 Å². The normalized spacial score (nSPS) is 10.3. The van der Waals surface area contributed by atoms with Gasteiger partial charge in [-0.25, -0.2) is 0 Å². The third-order valence-electron chi connectivity index (χ3n) is 2.41. The molecule has 2 rings (SSSR count). The number of hydrogen-bond donors (Lipinski definition) is 2. The van der Waals surface area contributed by atoms with E-state index >= 15 is 0 Å². The van der Waals surface area contributed by atoms with Crippen LogP contribution in [0.15, 0.2) is 28.8 Å². The highest BCUT2D eigenvalue weighted by Crippen LogP contribution is 2.09. The maximum atomic E-state index is 5.53. The molecule has 0 atom stereocenters. The molecule has 0 aliphatic carbocycles. The Labute approximate surface area is 110 Å². The van der Waals surface area contributed by atoms with Gasteiger partial charge in [0.15, 0.2) is 5.82 Å². The summed E-state index contributed by atoms with van der Waals surface area (Å²) in [5, 5.41) is 6.99. The second kappa shape index (κ2) is 5.59. The van der Waals surface area contributed by atoms with Gasteiger partial charge in [-0.05, 0) is 31.2 Å². The van der Waals surface area contributed by atoms with E-state index in [1.165, 1.54) is 0 Å². The van der Waals surface area contributed by atoms with E-state index in [4.69, 9.17) is 22.5 Å². The van der Waals surface area contributed by atoms with Gasteiger partial charge in [0.2, 0.25) is 5.89 Å². The van der Waals surface area contributed by atoms with Gasteiger partial charge in [-0.2, -0.15) is 4.98 Å². The molecule has 1 aromatic carbocycles. The quantitative estimate of drug-likeness (QED) is 0.798. The molecule has 6 heteroatoms. The third-order valence-corrected chi connectivity index (χ3v) is 2.64. The summed E-state index contributed by atoms with van der Waals surface area (Å²) >= 11 is 4.89. The van der Waals surface area contributed by atoms with Gasteiger partial charge >= 0.3 is 0 Å². The van der Waals surface area contributed by atoms with Gasteiger partial charge in [0.05, 0.1) is 0 Å². The van der Waals surface area contributed by atoms with Crippen LogP contribution in [0.1, 0.15) is 17.3 Å². The van der Waals surface area contributed by atoms with Crippen molar-refractivity contribution < 1.29 is 4.52 Å². The summed E-state index contributed by atoms with van der Waals surface area (Å²) in [5.41, 5.74) is 7.40. The maximum absolute atomic E-state index is 5.53. The zero-order chi connectivity index (χ0) is 13.0. The molecule has 0 amide bonds. The van der Waals surface area contributed by atoms with Gasteiger partial charge in [-0.3, -0.25) is 0 Å². The SMILES string of the molecule is Cc1noc(CCNc2ccc(C(N)=S)cc2)n1. The topological polar surface area (TPSA) is 77.0 Å². The minimum Gasteiger partial charge on any atom is -0.389 e. The van der Waals surface area contributed by atoms with E-state index in [1.54, 1.807) is 6.92 Å². The molecule has 0 fully saturated rings. The highest BCUT2D eigenvalue weighted by molar-refractivity contribution is 7.80. The van der Waals surface area contributed by atoms with Crippen LogP contribution in [0.5, 0.6) is 0 Å². The highest BCUT2D eigenvalue weighted by Gasteiger charge is 2.02. The number of benzene rings is 1. The fourth-order valence-corrected chi connectivity index (χ4v) is 1.64. The fourth-order valence-electron chi connectivity index (χ4n) is 1.51. The molecular formula is C12H14N4OS. The van der Waals surface area contributed by atoms with Crippen LogP contribution >= 0.6 is 12.2 Å². The molecule has 0 aliphatic heterocycles. The lowest BCUT2D eigenvalue weighted by atomic mass is 10.2. The predicted octanol–water partition coefficient (Wildman–Crippen LogP) is 1.67. The van der Waals surface area contributed by atoms with E-state index in [1.807, 2.05) is 24.3 Å². The number of rotatable bonds is 5. The summed E-state index contributed by atoms with van der Waals surface area (Å²) in [6, 6.07) is 7.66. The summed E-state index contributed by atoms with van der Waals surface area (Å²) in [5.74, 6) is 1.30. The van der Waals surface area contributed by atoms with Crippen LogP contribution in [0.2, 0.25) is 0 Å². The van der Waals surface area contributed by atoms with Gasteiger partial charge < -0.3 is 15.6 Å². The summed E-state index contributed by atoms with van der Waals surface area (Å²) < 4.78 is 5.02. The molecule has 1 heterocycles. The van der Waals surface area contributed by atoms with Crippen LogP contribution in [0.3, 0.4) is 0 Å². The predicted molar refractivity (Wildman–Crippen MR) is 73.6 cm³/mol. The first-order chi connectivity index (χ1) is 8.65. The lowest BCUT2D eigenvalue weighted by Gasteiger charge is -2.05. The van der Waals surface area contributed by atoms with Gasteiger partial charge in [0.1, 0.15) is 4.99 Å². The summed E-state index contributed by atoms with van der Waals surface area (Å²) in [7, 11) is 0. The molecule has 5 nitrogen and oxygen atoms in total. The van der Waals surface area contributed by atoms with E-state index in [2.05, 4.69) is 15.5 Å². The van der Waals surface area contributed by atoms with Crippen LogP contribution in [0.4, 0.5) is 5.69 Å². The average molecular weight is 262 g/mol. The maximum Gasteiger partial charge on any atom is 0.228 e. The number of thiocarbonyl (C=S) groups is 1. The number of anilines is 1. The zero-order valence-electron chi connectivity index (χ0n) is 10.0. The van der Waals surface area contributed by atoms with Crippen molar-refractivity contribution >= 4 is 22.9 Å². The first kappa shape index (κ1) is 12.5. The van der Waals surface area contributed by atoms with Gasteiger partial charge in [-0.15, -0.1) is 0 Å². The van der Waals surface area contributed by atoms with Crippen LogP contribution in [0.25, 0.3) is 0 Å². The van der Waals surface area contributed by atoms with E-state index in [0.29, 0.717) is 23.1 Å². The molecule has 1 aromatic heterocycles. The second-order valence-electron chi connectivity index (χ2n) is 3.85. The monoisotopic (exact) mass is 262 g/mol. The van der Waals surface area contributed by atoms with E-state index < -0.39 is 0 Å². The van der Waals surface area contributed by atoms with Crippen molar-refractivity contribution in [3.05, 3.63) is 41.5 Å². The molecule has 2 aromatic rings. The lowest BCUT2D eigenvalue weighted by Crippen LogP contribution is -2.09. The summed E-state index contributed by atoms with van der Waals surface area (Å²) in [6.45, 7) is 2.53. The van der Waals surface area contributed by atoms with Crippen LogP contribution in [-0.2, 0) is 6.42 Å². The molecule has 0 unspecified atom stereocenters. The molecule has 0 saturated carbocycles. The Bertz CT molecular complexity index is 535. The van der Waals surface area contributed by atoms with Crippen molar-refractivity contribution in [1.82, 2.24) is 10.1 Å². The van der Waals surface area contributed by atoms with E-state index in [-0.39, 0.29) is 0 Å². The second-order valence-corrected chi connectivity index (χ2v) is 4.29. The summed E-state index contributed by atoms with van der Waals surface area (Å²) in [6.07, 6.45) is 0.692. The molecule has 0 aliphatic rings. The molecule has 0 spiro atoms. The van der Waals surface area contributed by atoms with Crippen molar-refractivity contribution in [2.75, 3.05) is 11.9 Å². The highest BCUT2D eigenvalue weighted by atomic mass is 32.1. The van der Waals surface area contributed by atoms with Crippen LogP contribution in [0, 0.1) is 6.92 Å². The zero-order valence-corrected chi connectivity index (χ0v) is 10.8. The Morgan fingerprint density at radius 3 is 2.67 bits per heavy atom. The first-order valence-electron chi connectivity index (χ1n) is 5.58. The van der Waals surface area contributed by atoms with Gasteiger partial charge in [0, 0.05) is 24.2 Å². The van der Waals surface area contributed by atoms with Crippen molar-refractivity contribution in [3.8, 4) is 0 Å². The number of nitrogens with two attached hydrogens (primary N) is 1. The van der Waals surface area contributed by atoms with Gasteiger partial charge in [-0.1, -0.05) is 17.4 Å². The largest absolute Gasteiger partial charge is 0.389 e. The van der Waals surface area contributed by atoms with Crippen LogP contribution < -0.4 is 11.1 Å². The number of aromatic nitrogens is 2. The molecule has 0 saturated heterocycles.